The molecule has 0 aromatic heterocycles. The molecule has 0 atom stereocenters. The van der Waals surface area contributed by atoms with Crippen LogP contribution in [0.1, 0.15) is 74.9 Å². The van der Waals surface area contributed by atoms with Gasteiger partial charge in [0.15, 0.2) is 0 Å². The number of hydrogen-bond acceptors (Lipinski definition) is 1. The summed E-state index contributed by atoms with van der Waals surface area (Å²) in [6.07, 6.45) is 2.10. The number of para-hydroxylation sites is 2. The third-order valence-electron chi connectivity index (χ3n) is 7.54. The monoisotopic (exact) mass is 472 g/mol. The zero-order chi connectivity index (χ0) is 25.3. The highest BCUT2D eigenvalue weighted by Crippen LogP contribution is 2.62. The van der Waals surface area contributed by atoms with E-state index in [0.29, 0.717) is 0 Å². The molecule has 4 aromatic carbocycles. The van der Waals surface area contributed by atoms with Crippen molar-refractivity contribution in [3.05, 3.63) is 118 Å². The van der Waals surface area contributed by atoms with Gasteiger partial charge in [-0.05, 0) is 69.2 Å². The van der Waals surface area contributed by atoms with Gasteiger partial charge in [0.1, 0.15) is 11.5 Å². The summed E-state index contributed by atoms with van der Waals surface area (Å²) in [7, 11) is 0. The van der Waals surface area contributed by atoms with E-state index in [1.165, 1.54) is 44.5 Å². The molecule has 1 nitrogen and oxygen atoms in total. The van der Waals surface area contributed by atoms with Crippen LogP contribution < -0.4 is 4.74 Å². The van der Waals surface area contributed by atoms with Crippen LogP contribution in [0.5, 0.6) is 11.5 Å². The molecule has 1 spiro atoms. The van der Waals surface area contributed by atoms with Crippen LogP contribution in [0, 0.1) is 10.8 Å². The summed E-state index contributed by atoms with van der Waals surface area (Å²) in [5.41, 5.74) is 10.8. The third kappa shape index (κ3) is 3.60. The fraction of sp³-hybridized carbons (Fsp3) is 0.314. The first kappa shape index (κ1) is 23.1. The van der Waals surface area contributed by atoms with Crippen LogP contribution in [-0.2, 0) is 18.3 Å². The maximum absolute atomic E-state index is 6.49. The fourth-order valence-electron chi connectivity index (χ4n) is 6.44. The van der Waals surface area contributed by atoms with Crippen molar-refractivity contribution in [3.8, 4) is 22.6 Å². The van der Waals surface area contributed by atoms with Crippen LogP contribution in [0.15, 0.2) is 84.9 Å². The molecule has 36 heavy (non-hydrogen) atoms. The summed E-state index contributed by atoms with van der Waals surface area (Å²) in [6.45, 7) is 13.9. The van der Waals surface area contributed by atoms with Gasteiger partial charge in [0.25, 0.3) is 0 Å². The maximum atomic E-state index is 6.49. The molecule has 0 N–H and O–H groups in total. The minimum atomic E-state index is -0.385. The minimum absolute atomic E-state index is 0.220. The van der Waals surface area contributed by atoms with Gasteiger partial charge >= 0.3 is 0 Å². The van der Waals surface area contributed by atoms with Crippen molar-refractivity contribution in [1.82, 2.24) is 0 Å². The van der Waals surface area contributed by atoms with Crippen molar-refractivity contribution in [1.29, 1.82) is 0 Å². The van der Waals surface area contributed by atoms with Gasteiger partial charge in [-0.25, -0.2) is 0 Å². The summed E-state index contributed by atoms with van der Waals surface area (Å²) < 4.78 is 6.49. The Labute approximate surface area is 216 Å². The Kier molecular flexibility index (Phi) is 5.03. The standard InChI is InChI=1S/C35H36O/c1-33(2,3)21-23-16-18-27-26(19-23)25-17-15-24(22-34(4,5)6)20-30(25)35(27)28-11-7-9-13-31(28)36-32-14-10-8-12-29(32)35/h7-20H,21-22H2,1-6H3. The van der Waals surface area contributed by atoms with E-state index in [4.69, 9.17) is 4.74 Å². The topological polar surface area (TPSA) is 9.23 Å². The summed E-state index contributed by atoms with van der Waals surface area (Å²) in [5.74, 6) is 1.91. The molecule has 6 rings (SSSR count). The zero-order valence-electron chi connectivity index (χ0n) is 22.4. The second-order valence-electron chi connectivity index (χ2n) is 13.1. The van der Waals surface area contributed by atoms with E-state index >= 15 is 0 Å². The van der Waals surface area contributed by atoms with E-state index in [1.807, 2.05) is 0 Å². The summed E-state index contributed by atoms with van der Waals surface area (Å²) in [6, 6.07) is 31.7. The van der Waals surface area contributed by atoms with Crippen LogP contribution in [0.3, 0.4) is 0 Å². The Hall–Kier alpha value is -3.32. The highest BCUT2D eigenvalue weighted by Gasteiger charge is 2.51. The van der Waals surface area contributed by atoms with Crippen molar-refractivity contribution < 1.29 is 4.74 Å². The highest BCUT2D eigenvalue weighted by atomic mass is 16.5. The Bertz CT molecular complexity index is 1430. The Morgan fingerprint density at radius 1 is 0.528 bits per heavy atom. The predicted octanol–water partition coefficient (Wildman–Crippen LogP) is 9.33. The van der Waals surface area contributed by atoms with Gasteiger partial charge in [-0.2, -0.15) is 0 Å². The van der Waals surface area contributed by atoms with Crippen molar-refractivity contribution in [2.45, 2.75) is 59.8 Å². The van der Waals surface area contributed by atoms with Crippen LogP contribution in [-0.4, -0.2) is 0 Å². The first-order valence-corrected chi connectivity index (χ1v) is 13.2. The van der Waals surface area contributed by atoms with E-state index < -0.39 is 0 Å². The normalized spacial score (nSPS) is 15.1. The predicted molar refractivity (Wildman–Crippen MR) is 150 cm³/mol. The molecule has 2 aliphatic rings. The molecule has 0 fully saturated rings. The third-order valence-corrected chi connectivity index (χ3v) is 7.54. The van der Waals surface area contributed by atoms with Crippen LogP contribution >= 0.6 is 0 Å². The molecule has 4 aromatic rings. The SMILES string of the molecule is CC(C)(C)Cc1ccc2c(c1)-c1ccc(CC(C)(C)C)cc1C21c2ccccc2Oc2ccccc21. The smallest absolute Gasteiger partial charge is 0.132 e. The molecule has 1 heteroatoms. The molecule has 182 valence electrons. The average molecular weight is 473 g/mol. The van der Waals surface area contributed by atoms with Crippen molar-refractivity contribution in [3.63, 3.8) is 0 Å². The molecule has 0 saturated heterocycles. The second kappa shape index (κ2) is 7.84. The van der Waals surface area contributed by atoms with Gasteiger partial charge in [-0.3, -0.25) is 0 Å². The van der Waals surface area contributed by atoms with Gasteiger partial charge in [0, 0.05) is 11.1 Å². The van der Waals surface area contributed by atoms with Crippen molar-refractivity contribution in [2.75, 3.05) is 0 Å². The Morgan fingerprint density at radius 3 is 1.64 bits per heavy atom. The lowest BCUT2D eigenvalue weighted by atomic mass is 9.65. The van der Waals surface area contributed by atoms with E-state index in [9.17, 15) is 0 Å². The van der Waals surface area contributed by atoms with Crippen molar-refractivity contribution in [2.24, 2.45) is 10.8 Å². The molecule has 0 unspecified atom stereocenters. The first-order valence-electron chi connectivity index (χ1n) is 13.2. The number of rotatable bonds is 2. The summed E-state index contributed by atoms with van der Waals surface area (Å²) >= 11 is 0. The number of hydrogen-bond donors (Lipinski definition) is 0. The number of benzene rings is 4. The molecule has 0 bridgehead atoms. The average Bonchev–Trinajstić information content (AvgIpc) is 3.07. The van der Waals surface area contributed by atoms with Gasteiger partial charge in [0.05, 0.1) is 5.41 Å². The maximum Gasteiger partial charge on any atom is 0.132 e. The van der Waals surface area contributed by atoms with Crippen molar-refractivity contribution >= 4 is 0 Å². The zero-order valence-corrected chi connectivity index (χ0v) is 22.4. The summed E-state index contributed by atoms with van der Waals surface area (Å²) in [5, 5.41) is 0. The molecule has 0 saturated carbocycles. The van der Waals surface area contributed by atoms with Gasteiger partial charge < -0.3 is 4.74 Å². The van der Waals surface area contributed by atoms with E-state index in [1.54, 1.807) is 0 Å². The lowest BCUT2D eigenvalue weighted by molar-refractivity contribution is 0.410. The molecular formula is C35H36O. The second-order valence-corrected chi connectivity index (χ2v) is 13.1. The largest absolute Gasteiger partial charge is 0.457 e. The molecule has 1 aliphatic heterocycles. The lowest BCUT2D eigenvalue weighted by Crippen LogP contribution is -2.32. The van der Waals surface area contributed by atoms with Crippen LogP contribution in [0.4, 0.5) is 0 Å². The van der Waals surface area contributed by atoms with E-state index in [0.717, 1.165) is 24.3 Å². The minimum Gasteiger partial charge on any atom is -0.457 e. The van der Waals surface area contributed by atoms with Crippen LogP contribution in [0.25, 0.3) is 11.1 Å². The first-order chi connectivity index (χ1) is 17.1. The summed E-state index contributed by atoms with van der Waals surface area (Å²) in [4.78, 5) is 0. The molecule has 0 radical (unpaired) electrons. The molecule has 1 aliphatic carbocycles. The molecule has 1 heterocycles. The fourth-order valence-corrected chi connectivity index (χ4v) is 6.44. The van der Waals surface area contributed by atoms with Gasteiger partial charge in [-0.15, -0.1) is 0 Å². The van der Waals surface area contributed by atoms with Gasteiger partial charge in [-0.1, -0.05) is 114 Å². The van der Waals surface area contributed by atoms with E-state index in [-0.39, 0.29) is 16.2 Å². The number of ether oxygens (including phenoxy) is 1. The lowest BCUT2D eigenvalue weighted by Gasteiger charge is -2.39. The quantitative estimate of drug-likeness (QED) is 0.244. The molecular weight excluding hydrogens is 436 g/mol. The highest BCUT2D eigenvalue weighted by molar-refractivity contribution is 5.89. The molecule has 0 amide bonds. The Morgan fingerprint density at radius 2 is 1.06 bits per heavy atom. The van der Waals surface area contributed by atoms with Gasteiger partial charge in [0.2, 0.25) is 0 Å². The Balaban J connectivity index is 1.70. The van der Waals surface area contributed by atoms with E-state index in [2.05, 4.69) is 126 Å². The number of fused-ring (bicyclic) bond motifs is 9. The van der Waals surface area contributed by atoms with Crippen LogP contribution in [0.2, 0.25) is 0 Å².